The topological polar surface area (TPSA) is 3.24 Å². The first-order valence-electron chi connectivity index (χ1n) is 9.56. The third-order valence-corrected chi connectivity index (χ3v) is 6.50. The van der Waals surface area contributed by atoms with Gasteiger partial charge in [-0.25, -0.2) is 4.39 Å². The van der Waals surface area contributed by atoms with Gasteiger partial charge in [-0.3, -0.25) is 0 Å². The second-order valence-electron chi connectivity index (χ2n) is 8.85. The average Bonchev–Trinajstić information content (AvgIpc) is 2.69. The van der Waals surface area contributed by atoms with Crippen molar-refractivity contribution >= 4 is 0 Å². The van der Waals surface area contributed by atoms with Crippen molar-refractivity contribution in [3.63, 3.8) is 0 Å². The van der Waals surface area contributed by atoms with Gasteiger partial charge in [0, 0.05) is 17.8 Å². The zero-order chi connectivity index (χ0) is 18.9. The smallest absolute Gasteiger partial charge is 0.108 e. The summed E-state index contributed by atoms with van der Waals surface area (Å²) in [7, 11) is 0. The number of halogens is 1. The SMILES string of the molecule is C#C/C=C(\CCC)C(=C)CN1C(=C)CC(C)(C)C12CCC(C)(F)CC2. The fourth-order valence-electron chi connectivity index (χ4n) is 4.85. The summed E-state index contributed by atoms with van der Waals surface area (Å²) in [6.45, 7) is 17.9. The summed E-state index contributed by atoms with van der Waals surface area (Å²) in [5.41, 5.74) is 2.43. The molecule has 2 aliphatic rings. The summed E-state index contributed by atoms with van der Waals surface area (Å²) in [5.74, 6) is 2.65. The minimum Gasteiger partial charge on any atom is -0.365 e. The van der Waals surface area contributed by atoms with Gasteiger partial charge in [0.05, 0.1) is 0 Å². The molecule has 0 aromatic rings. The van der Waals surface area contributed by atoms with Crippen molar-refractivity contribution in [2.45, 2.75) is 83.8 Å². The van der Waals surface area contributed by atoms with Crippen LogP contribution in [0.15, 0.2) is 36.1 Å². The quantitative estimate of drug-likeness (QED) is 0.425. The van der Waals surface area contributed by atoms with Gasteiger partial charge in [-0.05, 0) is 68.1 Å². The molecule has 2 fully saturated rings. The number of hydrogen-bond acceptors (Lipinski definition) is 1. The highest BCUT2D eigenvalue weighted by molar-refractivity contribution is 5.36. The van der Waals surface area contributed by atoms with Crippen molar-refractivity contribution in [2.75, 3.05) is 6.54 Å². The Balaban J connectivity index is 2.29. The predicted octanol–water partition coefficient (Wildman–Crippen LogP) is 6.19. The maximum atomic E-state index is 14.5. The molecule has 1 nitrogen and oxygen atoms in total. The van der Waals surface area contributed by atoms with Gasteiger partial charge in [-0.1, -0.05) is 46.3 Å². The molecule has 25 heavy (non-hydrogen) atoms. The van der Waals surface area contributed by atoms with Crippen LogP contribution in [0, 0.1) is 17.8 Å². The van der Waals surface area contributed by atoms with Crippen LogP contribution in [0.1, 0.15) is 72.6 Å². The Morgan fingerprint density at radius 1 is 1.28 bits per heavy atom. The lowest BCUT2D eigenvalue weighted by molar-refractivity contribution is -0.0182. The Morgan fingerprint density at radius 2 is 1.88 bits per heavy atom. The van der Waals surface area contributed by atoms with E-state index in [9.17, 15) is 4.39 Å². The van der Waals surface area contributed by atoms with Crippen LogP contribution in [0.4, 0.5) is 4.39 Å². The summed E-state index contributed by atoms with van der Waals surface area (Å²) < 4.78 is 14.5. The molecule has 1 saturated carbocycles. The molecule has 0 amide bonds. The lowest BCUT2D eigenvalue weighted by Crippen LogP contribution is -2.55. The van der Waals surface area contributed by atoms with Crippen LogP contribution in [0.25, 0.3) is 0 Å². The van der Waals surface area contributed by atoms with Crippen LogP contribution in [0.2, 0.25) is 0 Å². The molecule has 0 unspecified atom stereocenters. The first kappa shape index (κ1) is 19.8. The summed E-state index contributed by atoms with van der Waals surface area (Å²) in [5, 5.41) is 0. The van der Waals surface area contributed by atoms with E-state index in [1.807, 2.05) is 6.08 Å². The highest BCUT2D eigenvalue weighted by Crippen LogP contribution is 2.58. The molecular formula is C23H34FN. The maximum absolute atomic E-state index is 14.5. The van der Waals surface area contributed by atoms with Crippen molar-refractivity contribution < 1.29 is 4.39 Å². The first-order chi connectivity index (χ1) is 11.6. The van der Waals surface area contributed by atoms with E-state index < -0.39 is 5.67 Å². The molecule has 0 aromatic carbocycles. The van der Waals surface area contributed by atoms with Crippen LogP contribution in [-0.4, -0.2) is 22.7 Å². The van der Waals surface area contributed by atoms with Crippen molar-refractivity contribution in [2.24, 2.45) is 5.41 Å². The van der Waals surface area contributed by atoms with Crippen LogP contribution in [0.3, 0.4) is 0 Å². The Hall–Kier alpha value is -1.49. The monoisotopic (exact) mass is 343 g/mol. The van der Waals surface area contributed by atoms with Gasteiger partial charge in [0.15, 0.2) is 0 Å². The fourth-order valence-corrected chi connectivity index (χ4v) is 4.85. The van der Waals surface area contributed by atoms with E-state index in [1.165, 1.54) is 0 Å². The van der Waals surface area contributed by atoms with E-state index in [1.54, 1.807) is 6.92 Å². The minimum atomic E-state index is -1.04. The molecule has 0 bridgehead atoms. The molecular weight excluding hydrogens is 309 g/mol. The Bertz CT molecular complexity index is 604. The van der Waals surface area contributed by atoms with Crippen molar-refractivity contribution in [1.29, 1.82) is 0 Å². The molecule has 1 aliphatic carbocycles. The molecule has 2 rings (SSSR count). The summed E-state index contributed by atoms with van der Waals surface area (Å²) >= 11 is 0. The van der Waals surface area contributed by atoms with Crippen LogP contribution >= 0.6 is 0 Å². The van der Waals surface area contributed by atoms with E-state index in [2.05, 4.69) is 44.7 Å². The molecule has 0 atom stereocenters. The Morgan fingerprint density at radius 3 is 2.40 bits per heavy atom. The fraction of sp³-hybridized carbons (Fsp3) is 0.652. The Kier molecular flexibility index (Phi) is 5.57. The van der Waals surface area contributed by atoms with Crippen LogP contribution in [-0.2, 0) is 0 Å². The highest BCUT2D eigenvalue weighted by Gasteiger charge is 2.57. The molecule has 138 valence electrons. The largest absolute Gasteiger partial charge is 0.365 e. The average molecular weight is 344 g/mol. The first-order valence-corrected chi connectivity index (χ1v) is 9.56. The minimum absolute atomic E-state index is 0.0217. The number of hydrogen-bond donors (Lipinski definition) is 0. The van der Waals surface area contributed by atoms with Crippen LogP contribution < -0.4 is 0 Å². The van der Waals surface area contributed by atoms with E-state index in [4.69, 9.17) is 6.42 Å². The zero-order valence-corrected chi connectivity index (χ0v) is 16.6. The van der Waals surface area contributed by atoms with Gasteiger partial charge in [0.2, 0.25) is 0 Å². The number of terminal acetylenes is 1. The molecule has 0 aromatic heterocycles. The number of alkyl halides is 1. The third-order valence-electron chi connectivity index (χ3n) is 6.50. The lowest BCUT2D eigenvalue weighted by Gasteiger charge is -2.52. The number of likely N-dealkylation sites (tertiary alicyclic amines) is 1. The van der Waals surface area contributed by atoms with Crippen molar-refractivity contribution in [3.8, 4) is 12.3 Å². The van der Waals surface area contributed by atoms with Gasteiger partial charge in [-0.2, -0.15) is 0 Å². The zero-order valence-electron chi connectivity index (χ0n) is 16.6. The molecule has 1 aliphatic heterocycles. The standard InChI is InChI=1S/C23H34FN/c1-8-10-20(11-9-2)18(3)17-25-19(4)16-21(5,6)23(25)14-12-22(7,24)13-15-23/h1,10H,3-4,9,11-17H2,2,5-7H3/b20-10+. The van der Waals surface area contributed by atoms with Crippen molar-refractivity contribution in [3.05, 3.63) is 36.1 Å². The van der Waals surface area contributed by atoms with Gasteiger partial charge in [0.1, 0.15) is 5.67 Å². The normalized spacial score (nSPS) is 32.1. The third kappa shape index (κ3) is 3.71. The number of allylic oxidation sites excluding steroid dienone is 2. The van der Waals surface area contributed by atoms with E-state index in [0.29, 0.717) is 12.8 Å². The summed E-state index contributed by atoms with van der Waals surface area (Å²) in [6, 6.07) is 0. The number of rotatable bonds is 5. The lowest BCUT2D eigenvalue weighted by atomic mass is 9.63. The molecule has 0 radical (unpaired) electrons. The van der Waals surface area contributed by atoms with Gasteiger partial charge in [0.25, 0.3) is 0 Å². The van der Waals surface area contributed by atoms with E-state index >= 15 is 0 Å². The van der Waals surface area contributed by atoms with Crippen molar-refractivity contribution in [1.82, 2.24) is 4.90 Å². The Labute approximate surface area is 154 Å². The molecule has 2 heteroatoms. The van der Waals surface area contributed by atoms with Gasteiger partial charge in [-0.15, -0.1) is 6.42 Å². The van der Waals surface area contributed by atoms with E-state index in [0.717, 1.165) is 55.5 Å². The second kappa shape index (κ2) is 7.02. The van der Waals surface area contributed by atoms with Gasteiger partial charge >= 0.3 is 0 Å². The van der Waals surface area contributed by atoms with E-state index in [-0.39, 0.29) is 11.0 Å². The molecule has 1 saturated heterocycles. The maximum Gasteiger partial charge on any atom is 0.108 e. The molecule has 1 heterocycles. The predicted molar refractivity (Wildman–Crippen MR) is 106 cm³/mol. The van der Waals surface area contributed by atoms with Crippen LogP contribution in [0.5, 0.6) is 0 Å². The summed E-state index contributed by atoms with van der Waals surface area (Å²) in [6.07, 6.45) is 13.3. The highest BCUT2D eigenvalue weighted by atomic mass is 19.1. The van der Waals surface area contributed by atoms with Gasteiger partial charge < -0.3 is 4.90 Å². The molecule has 0 N–H and O–H groups in total. The molecule has 1 spiro atoms. The second-order valence-corrected chi connectivity index (χ2v) is 8.85. The number of nitrogens with zero attached hydrogens (tertiary/aromatic N) is 1. The summed E-state index contributed by atoms with van der Waals surface area (Å²) in [4.78, 5) is 2.44.